The van der Waals surface area contributed by atoms with E-state index < -0.39 is 0 Å². The SMILES string of the molecule is Cn1cccc1C(=O)Nc1ccc(CO)cc1. The Labute approximate surface area is 99.5 Å². The first-order valence-electron chi connectivity index (χ1n) is 5.33. The largest absolute Gasteiger partial charge is 0.392 e. The van der Waals surface area contributed by atoms with Gasteiger partial charge in [-0.25, -0.2) is 0 Å². The van der Waals surface area contributed by atoms with E-state index in [1.807, 2.05) is 19.3 Å². The molecule has 0 fully saturated rings. The minimum absolute atomic E-state index is 0.00599. The maximum Gasteiger partial charge on any atom is 0.272 e. The van der Waals surface area contributed by atoms with Crippen molar-refractivity contribution in [2.75, 3.05) is 5.32 Å². The summed E-state index contributed by atoms with van der Waals surface area (Å²) in [7, 11) is 1.82. The molecule has 17 heavy (non-hydrogen) atoms. The van der Waals surface area contributed by atoms with Gasteiger partial charge < -0.3 is 15.0 Å². The van der Waals surface area contributed by atoms with E-state index in [1.54, 1.807) is 34.9 Å². The zero-order valence-corrected chi connectivity index (χ0v) is 9.55. The Bertz CT molecular complexity index is 514. The Kier molecular flexibility index (Phi) is 3.25. The van der Waals surface area contributed by atoms with Gasteiger partial charge in [-0.05, 0) is 29.8 Å². The highest BCUT2D eigenvalue weighted by Gasteiger charge is 2.08. The molecule has 2 rings (SSSR count). The van der Waals surface area contributed by atoms with E-state index in [4.69, 9.17) is 5.11 Å². The fraction of sp³-hybridized carbons (Fsp3) is 0.154. The fourth-order valence-corrected chi connectivity index (χ4v) is 1.59. The number of nitrogens with one attached hydrogen (secondary N) is 1. The highest BCUT2D eigenvalue weighted by atomic mass is 16.3. The molecular weight excluding hydrogens is 216 g/mol. The van der Waals surface area contributed by atoms with E-state index in [-0.39, 0.29) is 12.5 Å². The van der Waals surface area contributed by atoms with Crippen LogP contribution in [0.5, 0.6) is 0 Å². The molecule has 1 amide bonds. The lowest BCUT2D eigenvalue weighted by Gasteiger charge is -2.06. The van der Waals surface area contributed by atoms with Gasteiger partial charge in [0.25, 0.3) is 5.91 Å². The molecule has 1 aromatic carbocycles. The van der Waals surface area contributed by atoms with Crippen LogP contribution in [0.3, 0.4) is 0 Å². The van der Waals surface area contributed by atoms with Crippen molar-refractivity contribution in [2.24, 2.45) is 7.05 Å². The van der Waals surface area contributed by atoms with Crippen LogP contribution in [-0.4, -0.2) is 15.6 Å². The monoisotopic (exact) mass is 230 g/mol. The van der Waals surface area contributed by atoms with E-state index in [2.05, 4.69) is 5.32 Å². The number of aliphatic hydroxyl groups is 1. The second-order valence-electron chi connectivity index (χ2n) is 3.81. The predicted octanol–water partition coefficient (Wildman–Crippen LogP) is 1.77. The van der Waals surface area contributed by atoms with Gasteiger partial charge in [-0.2, -0.15) is 0 Å². The van der Waals surface area contributed by atoms with E-state index in [9.17, 15) is 4.79 Å². The molecule has 88 valence electrons. The number of benzene rings is 1. The molecule has 1 aromatic heterocycles. The van der Waals surface area contributed by atoms with Crippen molar-refractivity contribution in [3.05, 3.63) is 53.9 Å². The van der Waals surface area contributed by atoms with Crippen LogP contribution in [0.25, 0.3) is 0 Å². The third-order valence-electron chi connectivity index (χ3n) is 2.57. The summed E-state index contributed by atoms with van der Waals surface area (Å²) in [4.78, 5) is 11.9. The van der Waals surface area contributed by atoms with Gasteiger partial charge in [0.15, 0.2) is 0 Å². The van der Waals surface area contributed by atoms with Crippen molar-refractivity contribution in [3.8, 4) is 0 Å². The summed E-state index contributed by atoms with van der Waals surface area (Å²) < 4.78 is 1.76. The number of hydrogen-bond donors (Lipinski definition) is 2. The van der Waals surface area contributed by atoms with Crippen LogP contribution in [0.4, 0.5) is 5.69 Å². The van der Waals surface area contributed by atoms with Crippen molar-refractivity contribution in [3.63, 3.8) is 0 Å². The quantitative estimate of drug-likeness (QED) is 0.844. The lowest BCUT2D eigenvalue weighted by atomic mass is 10.2. The maximum absolute atomic E-state index is 11.9. The predicted molar refractivity (Wildman–Crippen MR) is 65.7 cm³/mol. The summed E-state index contributed by atoms with van der Waals surface area (Å²) in [5.41, 5.74) is 2.14. The molecule has 0 radical (unpaired) electrons. The van der Waals surface area contributed by atoms with Gasteiger partial charge in [0, 0.05) is 18.9 Å². The van der Waals surface area contributed by atoms with Crippen molar-refractivity contribution in [1.82, 2.24) is 4.57 Å². The topological polar surface area (TPSA) is 54.3 Å². The maximum atomic E-state index is 11.9. The molecule has 0 aliphatic heterocycles. The molecule has 0 saturated heterocycles. The van der Waals surface area contributed by atoms with Gasteiger partial charge in [-0.1, -0.05) is 12.1 Å². The first-order chi connectivity index (χ1) is 8.20. The van der Waals surface area contributed by atoms with Crippen LogP contribution < -0.4 is 5.32 Å². The van der Waals surface area contributed by atoms with Crippen LogP contribution in [0, 0.1) is 0 Å². The normalized spacial score (nSPS) is 10.2. The zero-order valence-electron chi connectivity index (χ0n) is 9.55. The van der Waals surface area contributed by atoms with Gasteiger partial charge >= 0.3 is 0 Å². The van der Waals surface area contributed by atoms with Crippen LogP contribution in [0.15, 0.2) is 42.6 Å². The second kappa shape index (κ2) is 4.84. The van der Waals surface area contributed by atoms with Gasteiger partial charge in [-0.15, -0.1) is 0 Å². The number of carbonyl (C=O) groups is 1. The van der Waals surface area contributed by atoms with Crippen molar-refractivity contribution in [2.45, 2.75) is 6.61 Å². The Morgan fingerprint density at radius 1 is 1.29 bits per heavy atom. The van der Waals surface area contributed by atoms with E-state index in [1.165, 1.54) is 0 Å². The molecule has 0 aliphatic carbocycles. The molecule has 4 nitrogen and oxygen atoms in total. The minimum atomic E-state index is -0.144. The Morgan fingerprint density at radius 2 is 2.00 bits per heavy atom. The van der Waals surface area contributed by atoms with Crippen molar-refractivity contribution < 1.29 is 9.90 Å². The molecule has 4 heteroatoms. The second-order valence-corrected chi connectivity index (χ2v) is 3.81. The molecule has 0 aliphatic rings. The molecule has 2 N–H and O–H groups in total. The Balaban J connectivity index is 2.10. The van der Waals surface area contributed by atoms with Crippen molar-refractivity contribution in [1.29, 1.82) is 0 Å². The summed E-state index contributed by atoms with van der Waals surface area (Å²) in [5.74, 6) is -0.144. The number of nitrogens with zero attached hydrogens (tertiary/aromatic N) is 1. The smallest absolute Gasteiger partial charge is 0.272 e. The number of carbonyl (C=O) groups excluding carboxylic acids is 1. The standard InChI is InChI=1S/C13H14N2O2/c1-15-8-2-3-12(15)13(17)14-11-6-4-10(9-16)5-7-11/h2-8,16H,9H2,1H3,(H,14,17). The van der Waals surface area contributed by atoms with Gasteiger partial charge in [0.2, 0.25) is 0 Å². The van der Waals surface area contributed by atoms with Gasteiger partial charge in [0.05, 0.1) is 6.61 Å². The van der Waals surface area contributed by atoms with Crippen molar-refractivity contribution >= 4 is 11.6 Å². The number of amides is 1. The zero-order chi connectivity index (χ0) is 12.3. The highest BCUT2D eigenvalue weighted by Crippen LogP contribution is 2.11. The lowest BCUT2D eigenvalue weighted by molar-refractivity contribution is 0.101. The van der Waals surface area contributed by atoms with Crippen LogP contribution in [0.1, 0.15) is 16.1 Å². The minimum Gasteiger partial charge on any atom is -0.392 e. The lowest BCUT2D eigenvalue weighted by Crippen LogP contribution is -2.15. The molecular formula is C13H14N2O2. The average molecular weight is 230 g/mol. The first kappa shape index (κ1) is 11.4. The molecule has 2 aromatic rings. The Morgan fingerprint density at radius 3 is 2.53 bits per heavy atom. The summed E-state index contributed by atoms with van der Waals surface area (Å²) in [5, 5.41) is 11.7. The summed E-state index contributed by atoms with van der Waals surface area (Å²) in [6.07, 6.45) is 1.82. The molecule has 1 heterocycles. The van der Waals surface area contributed by atoms with Gasteiger partial charge in [0.1, 0.15) is 5.69 Å². The molecule has 0 bridgehead atoms. The summed E-state index contributed by atoms with van der Waals surface area (Å²) >= 11 is 0. The number of hydrogen-bond acceptors (Lipinski definition) is 2. The van der Waals surface area contributed by atoms with Crippen LogP contribution >= 0.6 is 0 Å². The van der Waals surface area contributed by atoms with E-state index in [0.29, 0.717) is 11.4 Å². The summed E-state index contributed by atoms with van der Waals surface area (Å²) in [6, 6.07) is 10.7. The number of aromatic nitrogens is 1. The number of anilines is 1. The molecule has 0 spiro atoms. The number of aryl methyl sites for hydroxylation is 1. The molecule has 0 atom stereocenters. The van der Waals surface area contributed by atoms with Crippen LogP contribution in [0.2, 0.25) is 0 Å². The van der Waals surface area contributed by atoms with Gasteiger partial charge in [-0.3, -0.25) is 4.79 Å². The average Bonchev–Trinajstić information content (AvgIpc) is 2.76. The Hall–Kier alpha value is -2.07. The summed E-state index contributed by atoms with van der Waals surface area (Å²) in [6.45, 7) is 0.00599. The number of rotatable bonds is 3. The molecule has 0 saturated carbocycles. The van der Waals surface area contributed by atoms with E-state index in [0.717, 1.165) is 5.56 Å². The van der Waals surface area contributed by atoms with Crippen LogP contribution in [-0.2, 0) is 13.7 Å². The highest BCUT2D eigenvalue weighted by molar-refractivity contribution is 6.03. The number of aliphatic hydroxyl groups excluding tert-OH is 1. The fourth-order valence-electron chi connectivity index (χ4n) is 1.59. The first-order valence-corrected chi connectivity index (χ1v) is 5.33. The molecule has 0 unspecified atom stereocenters. The third-order valence-corrected chi connectivity index (χ3v) is 2.57. The third kappa shape index (κ3) is 2.54. The van der Waals surface area contributed by atoms with E-state index >= 15 is 0 Å².